The Morgan fingerprint density at radius 1 is 0.929 bits per heavy atom. The van der Waals surface area contributed by atoms with Crippen molar-refractivity contribution in [2.24, 2.45) is 0 Å². The third kappa shape index (κ3) is 10.4. The van der Waals surface area contributed by atoms with E-state index in [1.54, 1.807) is 6.92 Å². The first-order chi connectivity index (χ1) is 13.4. The van der Waals surface area contributed by atoms with Gasteiger partial charge in [-0.25, -0.2) is 0 Å². The Hall–Kier alpha value is -1.21. The van der Waals surface area contributed by atoms with E-state index in [-0.39, 0.29) is 30.7 Å². The van der Waals surface area contributed by atoms with Crippen LogP contribution in [0, 0.1) is 0 Å². The molecular formula is C22H41NO5. The van der Waals surface area contributed by atoms with E-state index in [2.05, 4.69) is 0 Å². The van der Waals surface area contributed by atoms with Crippen LogP contribution < -0.4 is 5.11 Å². The standard InChI is InChI=1S/C22H41NO5/c1-4-7-9-11-13-19(25)17-23(15-16-24,21(6-3)22(27)28)18-20(26)14-12-10-8-5-2/h7-10,19-21,24-26H,4-6,11-18H2,1-3H3/b9-7+,10-8+. The highest BCUT2D eigenvalue weighted by Crippen LogP contribution is 2.22. The molecule has 0 spiro atoms. The van der Waals surface area contributed by atoms with Crippen LogP contribution in [0.3, 0.4) is 0 Å². The Morgan fingerprint density at radius 2 is 1.39 bits per heavy atom. The normalized spacial score (nSPS) is 17.6. The SMILES string of the molecule is CC/C=C/CCC(O)C[N+](CCO)(CC(O)CC/C=C/CC)C(CC)C(=O)[O-]. The van der Waals surface area contributed by atoms with Gasteiger partial charge in [-0.05, 0) is 38.5 Å². The summed E-state index contributed by atoms with van der Waals surface area (Å²) in [5.74, 6) is -1.20. The van der Waals surface area contributed by atoms with E-state index in [0.717, 1.165) is 12.8 Å². The molecule has 0 saturated heterocycles. The number of carboxylic acids is 1. The van der Waals surface area contributed by atoms with E-state index in [0.29, 0.717) is 32.1 Å². The summed E-state index contributed by atoms with van der Waals surface area (Å²) < 4.78 is -0.0628. The number of carbonyl (C=O) groups is 1. The molecule has 0 aromatic carbocycles. The zero-order valence-electron chi connectivity index (χ0n) is 17.9. The fourth-order valence-corrected chi connectivity index (χ4v) is 3.81. The second-order valence-corrected chi connectivity index (χ2v) is 7.50. The van der Waals surface area contributed by atoms with Crippen LogP contribution in [0.25, 0.3) is 0 Å². The first-order valence-electron chi connectivity index (χ1n) is 10.7. The largest absolute Gasteiger partial charge is 0.544 e. The van der Waals surface area contributed by atoms with Gasteiger partial charge in [-0.2, -0.15) is 0 Å². The number of rotatable bonds is 17. The van der Waals surface area contributed by atoms with Crippen LogP contribution in [0.2, 0.25) is 0 Å². The highest BCUT2D eigenvalue weighted by Gasteiger charge is 2.40. The van der Waals surface area contributed by atoms with Gasteiger partial charge in [0.15, 0.2) is 0 Å². The highest BCUT2D eigenvalue weighted by molar-refractivity contribution is 5.69. The van der Waals surface area contributed by atoms with Crippen molar-refractivity contribution in [3.05, 3.63) is 24.3 Å². The van der Waals surface area contributed by atoms with Gasteiger partial charge in [-0.3, -0.25) is 0 Å². The molecule has 3 unspecified atom stereocenters. The quantitative estimate of drug-likeness (QED) is 0.254. The van der Waals surface area contributed by atoms with Crippen molar-refractivity contribution >= 4 is 5.97 Å². The molecule has 0 saturated carbocycles. The van der Waals surface area contributed by atoms with Gasteiger partial charge >= 0.3 is 0 Å². The van der Waals surface area contributed by atoms with Crippen molar-refractivity contribution in [1.82, 2.24) is 0 Å². The van der Waals surface area contributed by atoms with Crippen LogP contribution in [-0.2, 0) is 4.79 Å². The third-order valence-electron chi connectivity index (χ3n) is 5.15. The van der Waals surface area contributed by atoms with Gasteiger partial charge < -0.3 is 29.7 Å². The number of carboxylic acid groups (broad SMARTS) is 1. The van der Waals surface area contributed by atoms with Gasteiger partial charge in [0.2, 0.25) is 0 Å². The molecule has 0 bridgehead atoms. The highest BCUT2D eigenvalue weighted by atomic mass is 16.4. The molecule has 28 heavy (non-hydrogen) atoms. The zero-order chi connectivity index (χ0) is 21.4. The fraction of sp³-hybridized carbons (Fsp3) is 0.773. The molecule has 0 rings (SSSR count). The van der Waals surface area contributed by atoms with Crippen molar-refractivity contribution in [3.8, 4) is 0 Å². The monoisotopic (exact) mass is 399 g/mol. The number of nitrogens with zero attached hydrogens (tertiary/aromatic N) is 1. The van der Waals surface area contributed by atoms with Crippen molar-refractivity contribution in [2.75, 3.05) is 26.2 Å². The van der Waals surface area contributed by atoms with Crippen LogP contribution in [0.4, 0.5) is 0 Å². The smallest absolute Gasteiger partial charge is 0.129 e. The molecule has 0 aliphatic carbocycles. The second kappa shape index (κ2) is 15.7. The molecule has 3 atom stereocenters. The maximum Gasteiger partial charge on any atom is 0.129 e. The lowest BCUT2D eigenvalue weighted by molar-refractivity contribution is -0.950. The molecule has 0 radical (unpaired) electrons. The molecule has 0 aliphatic rings. The minimum absolute atomic E-state index is 0.0628. The Labute approximate surface area is 170 Å². The van der Waals surface area contributed by atoms with Gasteiger partial charge in [-0.15, -0.1) is 0 Å². The first kappa shape index (κ1) is 26.8. The average Bonchev–Trinajstić information content (AvgIpc) is 2.62. The van der Waals surface area contributed by atoms with Crippen molar-refractivity contribution in [3.63, 3.8) is 0 Å². The number of aliphatic hydroxyl groups is 3. The summed E-state index contributed by atoms with van der Waals surface area (Å²) in [4.78, 5) is 11.8. The topological polar surface area (TPSA) is 101 Å². The molecule has 0 fully saturated rings. The van der Waals surface area contributed by atoms with E-state index in [9.17, 15) is 25.2 Å². The maximum absolute atomic E-state index is 11.8. The Bertz CT molecular complexity index is 438. The van der Waals surface area contributed by atoms with Crippen LogP contribution in [0.15, 0.2) is 24.3 Å². The van der Waals surface area contributed by atoms with Crippen LogP contribution in [-0.4, -0.2) is 70.3 Å². The molecule has 6 heteroatoms. The fourth-order valence-electron chi connectivity index (χ4n) is 3.81. The number of hydrogen-bond donors (Lipinski definition) is 3. The van der Waals surface area contributed by atoms with E-state index in [1.165, 1.54) is 0 Å². The molecular weight excluding hydrogens is 358 g/mol. The number of aliphatic carboxylic acids is 1. The minimum atomic E-state index is -1.20. The van der Waals surface area contributed by atoms with Crippen molar-refractivity contribution in [2.45, 2.75) is 84.0 Å². The van der Waals surface area contributed by atoms with Crippen molar-refractivity contribution in [1.29, 1.82) is 0 Å². The molecule has 0 aliphatic heterocycles. The molecule has 6 nitrogen and oxygen atoms in total. The predicted octanol–water partition coefficient (Wildman–Crippen LogP) is 1.54. The molecule has 0 heterocycles. The Kier molecular flexibility index (Phi) is 15.0. The van der Waals surface area contributed by atoms with Crippen LogP contribution in [0.5, 0.6) is 0 Å². The Morgan fingerprint density at radius 3 is 1.71 bits per heavy atom. The van der Waals surface area contributed by atoms with Crippen LogP contribution >= 0.6 is 0 Å². The summed E-state index contributed by atoms with van der Waals surface area (Å²) in [6, 6.07) is -0.881. The molecule has 3 N–H and O–H groups in total. The summed E-state index contributed by atoms with van der Waals surface area (Å²) in [5, 5.41) is 42.6. The van der Waals surface area contributed by atoms with E-state index in [1.807, 2.05) is 38.2 Å². The zero-order valence-corrected chi connectivity index (χ0v) is 17.9. The molecule has 0 aromatic rings. The second-order valence-electron chi connectivity index (χ2n) is 7.50. The van der Waals surface area contributed by atoms with Gasteiger partial charge in [0.1, 0.15) is 37.9 Å². The first-order valence-corrected chi connectivity index (χ1v) is 10.7. The lowest BCUT2D eigenvalue weighted by Crippen LogP contribution is -2.66. The van der Waals surface area contributed by atoms with Gasteiger partial charge in [0, 0.05) is 6.42 Å². The van der Waals surface area contributed by atoms with Gasteiger partial charge in [0.25, 0.3) is 0 Å². The summed E-state index contributed by atoms with van der Waals surface area (Å²) in [7, 11) is 0. The third-order valence-corrected chi connectivity index (χ3v) is 5.15. The van der Waals surface area contributed by atoms with Gasteiger partial charge in [-0.1, -0.05) is 45.1 Å². The summed E-state index contributed by atoms with van der Waals surface area (Å²) in [6.07, 6.45) is 11.3. The summed E-state index contributed by atoms with van der Waals surface area (Å²) >= 11 is 0. The van der Waals surface area contributed by atoms with E-state index >= 15 is 0 Å². The van der Waals surface area contributed by atoms with Crippen LogP contribution in [0.1, 0.15) is 65.7 Å². The number of hydrogen-bond acceptors (Lipinski definition) is 5. The lowest BCUT2D eigenvalue weighted by Gasteiger charge is -2.47. The minimum Gasteiger partial charge on any atom is -0.544 e. The maximum atomic E-state index is 11.8. The predicted molar refractivity (Wildman–Crippen MR) is 110 cm³/mol. The number of quaternary nitrogens is 1. The van der Waals surface area contributed by atoms with E-state index < -0.39 is 24.2 Å². The molecule has 0 amide bonds. The van der Waals surface area contributed by atoms with Gasteiger partial charge in [0.05, 0.1) is 12.6 Å². The average molecular weight is 400 g/mol. The number of carbonyl (C=O) groups excluding carboxylic acids is 1. The number of allylic oxidation sites excluding steroid dienone is 4. The Balaban J connectivity index is 5.36. The lowest BCUT2D eigenvalue weighted by atomic mass is 10.0. The summed E-state index contributed by atoms with van der Waals surface area (Å²) in [5.41, 5.74) is 0. The summed E-state index contributed by atoms with van der Waals surface area (Å²) in [6.45, 7) is 6.14. The molecule has 164 valence electrons. The number of aliphatic hydroxyl groups excluding tert-OH is 3. The molecule has 0 aromatic heterocycles. The van der Waals surface area contributed by atoms with Crippen molar-refractivity contribution < 1.29 is 29.7 Å². The van der Waals surface area contributed by atoms with E-state index in [4.69, 9.17) is 0 Å².